The molecule has 60 valence electrons. The van der Waals surface area contributed by atoms with Gasteiger partial charge in [0, 0.05) is 6.20 Å². The number of hydrogen-bond acceptors (Lipinski definition) is 3. The van der Waals surface area contributed by atoms with Gasteiger partial charge in [0.05, 0.1) is 10.6 Å². The molecule has 1 N–H and O–H groups in total. The highest BCUT2D eigenvalue weighted by Crippen LogP contribution is 2.13. The number of halogens is 1. The van der Waals surface area contributed by atoms with E-state index in [1.165, 1.54) is 6.07 Å². The summed E-state index contributed by atoms with van der Waals surface area (Å²) in [5.41, 5.74) is 0.000617. The molecular weight excluding hydrogens is 180 g/mol. The Labute approximate surface area is 73.0 Å². The summed E-state index contributed by atoms with van der Waals surface area (Å²) in [5.74, 6) is -1.12. The zero-order valence-electron chi connectivity index (χ0n) is 5.78. The first-order valence-corrected chi connectivity index (χ1v) is 3.32. The minimum atomic E-state index is -1.12. The van der Waals surface area contributed by atoms with Crippen molar-refractivity contribution in [3.63, 3.8) is 0 Å². The lowest BCUT2D eigenvalue weighted by Gasteiger charge is -1.95. The SMILES string of the molecule is N#Cc1ncc(C(=O)O)cc1Cl. The monoisotopic (exact) mass is 182 g/mol. The Morgan fingerprint density at radius 3 is 2.83 bits per heavy atom. The van der Waals surface area contributed by atoms with E-state index >= 15 is 0 Å². The number of nitrogens with zero attached hydrogens (tertiary/aromatic N) is 2. The van der Waals surface area contributed by atoms with Crippen molar-refractivity contribution in [1.82, 2.24) is 4.98 Å². The second kappa shape index (κ2) is 3.20. The second-order valence-corrected chi connectivity index (χ2v) is 2.38. The van der Waals surface area contributed by atoms with E-state index in [4.69, 9.17) is 22.0 Å². The van der Waals surface area contributed by atoms with Crippen LogP contribution >= 0.6 is 11.6 Å². The number of aromatic carboxylic acids is 1. The smallest absolute Gasteiger partial charge is 0.337 e. The summed E-state index contributed by atoms with van der Waals surface area (Å²) in [6, 6.07) is 2.92. The van der Waals surface area contributed by atoms with Crippen LogP contribution in [0.1, 0.15) is 16.1 Å². The van der Waals surface area contributed by atoms with E-state index in [0.717, 1.165) is 6.20 Å². The number of aromatic nitrogens is 1. The van der Waals surface area contributed by atoms with Gasteiger partial charge in [0.25, 0.3) is 0 Å². The van der Waals surface area contributed by atoms with Crippen molar-refractivity contribution in [2.45, 2.75) is 0 Å². The van der Waals surface area contributed by atoms with Crippen LogP contribution in [0.25, 0.3) is 0 Å². The van der Waals surface area contributed by atoms with Crippen molar-refractivity contribution in [2.24, 2.45) is 0 Å². The molecule has 4 nitrogen and oxygen atoms in total. The summed E-state index contributed by atoms with van der Waals surface area (Å²) < 4.78 is 0. The fourth-order valence-corrected chi connectivity index (χ4v) is 0.846. The Morgan fingerprint density at radius 2 is 2.42 bits per heavy atom. The Bertz CT molecular complexity index is 370. The Kier molecular flexibility index (Phi) is 2.26. The summed E-state index contributed by atoms with van der Waals surface area (Å²) in [5, 5.41) is 16.9. The van der Waals surface area contributed by atoms with Gasteiger partial charge in [-0.15, -0.1) is 0 Å². The molecule has 0 aliphatic rings. The highest BCUT2D eigenvalue weighted by Gasteiger charge is 2.07. The van der Waals surface area contributed by atoms with Crippen molar-refractivity contribution in [3.05, 3.63) is 28.5 Å². The predicted octanol–water partition coefficient (Wildman–Crippen LogP) is 1.30. The molecule has 0 saturated heterocycles. The van der Waals surface area contributed by atoms with E-state index in [9.17, 15) is 4.79 Å². The average Bonchev–Trinajstić information content (AvgIpc) is 2.04. The average molecular weight is 183 g/mol. The van der Waals surface area contributed by atoms with Crippen LogP contribution in [0.3, 0.4) is 0 Å². The Balaban J connectivity index is 3.21. The minimum absolute atomic E-state index is 0.0287. The van der Waals surface area contributed by atoms with E-state index in [2.05, 4.69) is 4.98 Å². The first-order chi connectivity index (χ1) is 5.65. The maximum absolute atomic E-state index is 10.4. The van der Waals surface area contributed by atoms with Crippen molar-refractivity contribution in [3.8, 4) is 6.07 Å². The van der Waals surface area contributed by atoms with Crippen LogP contribution in [0.15, 0.2) is 12.3 Å². The molecule has 0 unspecified atom stereocenters. The van der Waals surface area contributed by atoms with Crippen LogP contribution in [-0.2, 0) is 0 Å². The van der Waals surface area contributed by atoms with Crippen LogP contribution in [-0.4, -0.2) is 16.1 Å². The summed E-state index contributed by atoms with van der Waals surface area (Å²) in [7, 11) is 0. The maximum atomic E-state index is 10.4. The third kappa shape index (κ3) is 1.52. The third-order valence-corrected chi connectivity index (χ3v) is 1.48. The van der Waals surface area contributed by atoms with Gasteiger partial charge in [0.15, 0.2) is 5.69 Å². The zero-order chi connectivity index (χ0) is 9.14. The van der Waals surface area contributed by atoms with Gasteiger partial charge in [-0.1, -0.05) is 11.6 Å². The zero-order valence-corrected chi connectivity index (χ0v) is 6.54. The molecule has 1 heterocycles. The minimum Gasteiger partial charge on any atom is -0.478 e. The van der Waals surface area contributed by atoms with Gasteiger partial charge in [-0.2, -0.15) is 5.26 Å². The molecule has 1 aromatic heterocycles. The van der Waals surface area contributed by atoms with Crippen molar-refractivity contribution < 1.29 is 9.90 Å². The quantitative estimate of drug-likeness (QED) is 0.711. The lowest BCUT2D eigenvalue weighted by molar-refractivity contribution is 0.0696. The number of pyridine rings is 1. The highest BCUT2D eigenvalue weighted by atomic mass is 35.5. The van der Waals surface area contributed by atoms with Gasteiger partial charge in [0.2, 0.25) is 0 Å². The lowest BCUT2D eigenvalue weighted by atomic mass is 10.2. The molecule has 0 bridgehead atoms. The van der Waals surface area contributed by atoms with Crippen LogP contribution < -0.4 is 0 Å². The van der Waals surface area contributed by atoms with E-state index in [0.29, 0.717) is 0 Å². The van der Waals surface area contributed by atoms with Crippen LogP contribution in [0.4, 0.5) is 0 Å². The number of nitriles is 1. The molecule has 0 spiro atoms. The first-order valence-electron chi connectivity index (χ1n) is 2.94. The number of carboxylic acid groups (broad SMARTS) is 1. The normalized spacial score (nSPS) is 9.00. The molecule has 0 amide bonds. The summed E-state index contributed by atoms with van der Waals surface area (Å²) in [6.07, 6.45) is 1.09. The van der Waals surface area contributed by atoms with E-state index in [-0.39, 0.29) is 16.3 Å². The Morgan fingerprint density at radius 1 is 1.75 bits per heavy atom. The molecular formula is C7H3ClN2O2. The van der Waals surface area contributed by atoms with Gasteiger partial charge in [-0.3, -0.25) is 0 Å². The molecule has 12 heavy (non-hydrogen) atoms. The molecule has 0 aliphatic heterocycles. The van der Waals surface area contributed by atoms with Crippen molar-refractivity contribution >= 4 is 17.6 Å². The molecule has 1 aromatic rings. The predicted molar refractivity (Wildman–Crippen MR) is 40.9 cm³/mol. The van der Waals surface area contributed by atoms with Gasteiger partial charge in [-0.05, 0) is 6.07 Å². The molecule has 0 aromatic carbocycles. The number of carboxylic acids is 1. The Hall–Kier alpha value is -1.60. The van der Waals surface area contributed by atoms with Gasteiger partial charge >= 0.3 is 5.97 Å². The van der Waals surface area contributed by atoms with Gasteiger partial charge in [0.1, 0.15) is 6.07 Å². The van der Waals surface area contributed by atoms with Crippen LogP contribution in [0.5, 0.6) is 0 Å². The molecule has 0 aliphatic carbocycles. The standard InChI is InChI=1S/C7H3ClN2O2/c8-5-1-4(7(11)12)3-10-6(5)2-9/h1,3H,(H,11,12). The number of rotatable bonds is 1. The fourth-order valence-electron chi connectivity index (χ4n) is 0.637. The first kappa shape index (κ1) is 8.50. The largest absolute Gasteiger partial charge is 0.478 e. The molecule has 0 atom stereocenters. The number of hydrogen-bond donors (Lipinski definition) is 1. The molecule has 0 saturated carbocycles. The molecule has 5 heteroatoms. The second-order valence-electron chi connectivity index (χ2n) is 1.97. The third-order valence-electron chi connectivity index (χ3n) is 1.19. The lowest BCUT2D eigenvalue weighted by Crippen LogP contribution is -1.98. The summed E-state index contributed by atoms with van der Waals surface area (Å²) in [6.45, 7) is 0. The topological polar surface area (TPSA) is 74.0 Å². The van der Waals surface area contributed by atoms with Crippen LogP contribution in [0, 0.1) is 11.3 Å². The van der Waals surface area contributed by atoms with Crippen molar-refractivity contribution in [1.29, 1.82) is 5.26 Å². The van der Waals surface area contributed by atoms with Crippen molar-refractivity contribution in [2.75, 3.05) is 0 Å². The molecule has 0 radical (unpaired) electrons. The van der Waals surface area contributed by atoms with E-state index in [1.807, 2.05) is 0 Å². The molecule has 0 fully saturated rings. The van der Waals surface area contributed by atoms with E-state index < -0.39 is 5.97 Å². The van der Waals surface area contributed by atoms with Crippen LogP contribution in [0.2, 0.25) is 5.02 Å². The number of carbonyl (C=O) groups is 1. The highest BCUT2D eigenvalue weighted by molar-refractivity contribution is 6.31. The van der Waals surface area contributed by atoms with E-state index in [1.54, 1.807) is 6.07 Å². The van der Waals surface area contributed by atoms with Gasteiger partial charge < -0.3 is 5.11 Å². The fraction of sp³-hybridized carbons (Fsp3) is 0. The van der Waals surface area contributed by atoms with Gasteiger partial charge in [-0.25, -0.2) is 9.78 Å². The summed E-state index contributed by atoms with van der Waals surface area (Å²) >= 11 is 5.53. The molecule has 1 rings (SSSR count). The maximum Gasteiger partial charge on any atom is 0.337 e. The summed E-state index contributed by atoms with van der Waals surface area (Å²) in [4.78, 5) is 13.9.